The summed E-state index contributed by atoms with van der Waals surface area (Å²) in [5.41, 5.74) is 4.67. The molecule has 2 aromatic heterocycles. The van der Waals surface area contributed by atoms with Crippen LogP contribution in [0.25, 0.3) is 11.3 Å². The molecule has 25 heavy (non-hydrogen) atoms. The topological polar surface area (TPSA) is 44.8 Å². The Balaban J connectivity index is 1.48. The largest absolute Gasteiger partial charge is 0.334 e. The van der Waals surface area contributed by atoms with Crippen molar-refractivity contribution in [1.29, 1.82) is 0 Å². The lowest BCUT2D eigenvalue weighted by molar-refractivity contribution is 0.242. The van der Waals surface area contributed by atoms with E-state index in [4.69, 9.17) is 12.2 Å². The van der Waals surface area contributed by atoms with Crippen LogP contribution in [-0.4, -0.2) is 26.4 Å². The molecule has 1 N–H and O–H groups in total. The SMILES string of the molecule is Fc1ccccc1-c1ccc(CN2CCc3[nH]c(=S)ncc3C2)cn1. The fourth-order valence-electron chi connectivity index (χ4n) is 3.14. The molecule has 0 unspecified atom stereocenters. The van der Waals surface area contributed by atoms with Crippen molar-refractivity contribution in [1.82, 2.24) is 19.9 Å². The minimum Gasteiger partial charge on any atom is -0.334 e. The van der Waals surface area contributed by atoms with Gasteiger partial charge < -0.3 is 4.98 Å². The number of benzene rings is 1. The molecule has 0 fully saturated rings. The Kier molecular flexibility index (Phi) is 4.38. The normalized spacial score (nSPS) is 14.3. The molecular formula is C19H17FN4S. The second-order valence-electron chi connectivity index (χ2n) is 6.18. The van der Waals surface area contributed by atoms with Crippen LogP contribution in [0.5, 0.6) is 0 Å². The Morgan fingerprint density at radius 3 is 2.80 bits per heavy atom. The van der Waals surface area contributed by atoms with Gasteiger partial charge in [0.15, 0.2) is 4.77 Å². The van der Waals surface area contributed by atoms with Gasteiger partial charge in [-0.2, -0.15) is 0 Å². The molecule has 126 valence electrons. The van der Waals surface area contributed by atoms with Crippen LogP contribution in [-0.2, 0) is 19.5 Å². The molecule has 4 rings (SSSR count). The van der Waals surface area contributed by atoms with Crippen molar-refractivity contribution < 1.29 is 4.39 Å². The van der Waals surface area contributed by atoms with Crippen LogP contribution in [0.2, 0.25) is 0 Å². The molecule has 1 aromatic carbocycles. The average molecular weight is 352 g/mol. The van der Waals surface area contributed by atoms with E-state index in [1.807, 2.05) is 30.6 Å². The second-order valence-corrected chi connectivity index (χ2v) is 6.57. The second kappa shape index (κ2) is 6.82. The fourth-order valence-corrected chi connectivity index (χ4v) is 3.32. The van der Waals surface area contributed by atoms with E-state index < -0.39 is 0 Å². The van der Waals surface area contributed by atoms with Crippen molar-refractivity contribution >= 4 is 12.2 Å². The highest BCUT2D eigenvalue weighted by Gasteiger charge is 2.17. The van der Waals surface area contributed by atoms with Gasteiger partial charge in [-0.15, -0.1) is 0 Å². The van der Waals surface area contributed by atoms with Crippen LogP contribution in [0, 0.1) is 10.6 Å². The Hall–Kier alpha value is -2.44. The molecule has 0 bridgehead atoms. The summed E-state index contributed by atoms with van der Waals surface area (Å²) in [6, 6.07) is 10.6. The Morgan fingerprint density at radius 2 is 2.00 bits per heavy atom. The van der Waals surface area contributed by atoms with Crippen LogP contribution >= 0.6 is 12.2 Å². The smallest absolute Gasteiger partial charge is 0.196 e. The molecule has 4 nitrogen and oxygen atoms in total. The van der Waals surface area contributed by atoms with E-state index in [1.54, 1.807) is 12.1 Å². The van der Waals surface area contributed by atoms with Gasteiger partial charge in [0, 0.05) is 55.3 Å². The Bertz CT molecular complexity index is 952. The molecular weight excluding hydrogens is 335 g/mol. The van der Waals surface area contributed by atoms with Crippen LogP contribution in [0.4, 0.5) is 4.39 Å². The molecule has 1 aliphatic heterocycles. The van der Waals surface area contributed by atoms with Crippen molar-refractivity contribution in [3.05, 3.63) is 76.2 Å². The van der Waals surface area contributed by atoms with Crippen LogP contribution in [0.15, 0.2) is 48.8 Å². The number of rotatable bonds is 3. The first-order valence-corrected chi connectivity index (χ1v) is 8.59. The van der Waals surface area contributed by atoms with Crippen molar-refractivity contribution in [3.63, 3.8) is 0 Å². The van der Waals surface area contributed by atoms with E-state index in [9.17, 15) is 4.39 Å². The fraction of sp³-hybridized carbons (Fsp3) is 0.211. The number of aromatic nitrogens is 3. The summed E-state index contributed by atoms with van der Waals surface area (Å²) >= 11 is 5.08. The maximum Gasteiger partial charge on any atom is 0.196 e. The third-order valence-electron chi connectivity index (χ3n) is 4.44. The summed E-state index contributed by atoms with van der Waals surface area (Å²) in [4.78, 5) is 14.1. The summed E-state index contributed by atoms with van der Waals surface area (Å²) in [7, 11) is 0. The first kappa shape index (κ1) is 16.1. The molecule has 0 spiro atoms. The van der Waals surface area contributed by atoms with Gasteiger partial charge in [-0.1, -0.05) is 18.2 Å². The van der Waals surface area contributed by atoms with E-state index in [2.05, 4.69) is 19.9 Å². The number of hydrogen-bond donors (Lipinski definition) is 1. The molecule has 0 saturated carbocycles. The zero-order chi connectivity index (χ0) is 17.2. The first-order valence-electron chi connectivity index (χ1n) is 8.18. The molecule has 0 radical (unpaired) electrons. The summed E-state index contributed by atoms with van der Waals surface area (Å²) in [5.74, 6) is -0.250. The predicted molar refractivity (Wildman–Crippen MR) is 96.9 cm³/mol. The predicted octanol–water partition coefficient (Wildman–Crippen LogP) is 3.90. The van der Waals surface area contributed by atoms with E-state index in [-0.39, 0.29) is 5.82 Å². The Morgan fingerprint density at radius 1 is 1.12 bits per heavy atom. The van der Waals surface area contributed by atoms with Gasteiger partial charge in [-0.05, 0) is 36.0 Å². The molecule has 0 amide bonds. The monoisotopic (exact) mass is 352 g/mol. The highest BCUT2D eigenvalue weighted by molar-refractivity contribution is 7.71. The number of fused-ring (bicyclic) bond motifs is 1. The highest BCUT2D eigenvalue weighted by atomic mass is 32.1. The first-order chi connectivity index (χ1) is 12.2. The molecule has 3 aromatic rings. The quantitative estimate of drug-likeness (QED) is 0.726. The number of H-pyrrole nitrogens is 1. The minimum absolute atomic E-state index is 0.250. The number of hydrogen-bond acceptors (Lipinski definition) is 4. The van der Waals surface area contributed by atoms with Crippen molar-refractivity contribution in [2.24, 2.45) is 0 Å². The zero-order valence-corrected chi connectivity index (χ0v) is 14.4. The zero-order valence-electron chi connectivity index (χ0n) is 13.6. The lowest BCUT2D eigenvalue weighted by atomic mass is 10.1. The maximum atomic E-state index is 13.9. The number of nitrogens with one attached hydrogen (secondary N) is 1. The summed E-state index contributed by atoms with van der Waals surface area (Å²) in [5, 5.41) is 0. The third kappa shape index (κ3) is 3.50. The average Bonchev–Trinajstić information content (AvgIpc) is 2.63. The van der Waals surface area contributed by atoms with Crippen molar-refractivity contribution in [2.75, 3.05) is 6.54 Å². The van der Waals surface area contributed by atoms with Crippen molar-refractivity contribution in [3.8, 4) is 11.3 Å². The summed E-state index contributed by atoms with van der Waals surface area (Å²) in [6.45, 7) is 2.60. The lowest BCUT2D eigenvalue weighted by Crippen LogP contribution is -2.30. The number of pyridine rings is 1. The Labute approximate surface area is 150 Å². The van der Waals surface area contributed by atoms with Gasteiger partial charge >= 0.3 is 0 Å². The lowest BCUT2D eigenvalue weighted by Gasteiger charge is -2.28. The van der Waals surface area contributed by atoms with Gasteiger partial charge in [-0.25, -0.2) is 9.37 Å². The summed E-state index contributed by atoms with van der Waals surface area (Å²) < 4.78 is 14.4. The van der Waals surface area contributed by atoms with Gasteiger partial charge in [0.25, 0.3) is 0 Å². The van der Waals surface area contributed by atoms with E-state index in [0.29, 0.717) is 16.0 Å². The van der Waals surface area contributed by atoms with Gasteiger partial charge in [-0.3, -0.25) is 9.88 Å². The van der Waals surface area contributed by atoms with Crippen molar-refractivity contribution in [2.45, 2.75) is 19.5 Å². The van der Waals surface area contributed by atoms with Gasteiger partial charge in [0.1, 0.15) is 5.82 Å². The maximum absolute atomic E-state index is 13.9. The minimum atomic E-state index is -0.250. The highest BCUT2D eigenvalue weighted by Crippen LogP contribution is 2.22. The van der Waals surface area contributed by atoms with Gasteiger partial charge in [0.2, 0.25) is 0 Å². The van der Waals surface area contributed by atoms with E-state index in [0.717, 1.165) is 31.6 Å². The molecule has 0 atom stereocenters. The molecule has 0 saturated heterocycles. The number of aromatic amines is 1. The third-order valence-corrected chi connectivity index (χ3v) is 4.64. The van der Waals surface area contributed by atoms with Crippen LogP contribution < -0.4 is 0 Å². The summed E-state index contributed by atoms with van der Waals surface area (Å²) in [6.07, 6.45) is 4.62. The van der Waals surface area contributed by atoms with E-state index >= 15 is 0 Å². The molecule has 1 aliphatic rings. The molecule has 6 heteroatoms. The number of halogens is 1. The van der Waals surface area contributed by atoms with E-state index in [1.165, 1.54) is 17.3 Å². The molecule has 3 heterocycles. The van der Waals surface area contributed by atoms with Crippen LogP contribution in [0.3, 0.4) is 0 Å². The molecule has 0 aliphatic carbocycles. The van der Waals surface area contributed by atoms with Crippen LogP contribution in [0.1, 0.15) is 16.8 Å². The number of nitrogens with zero attached hydrogens (tertiary/aromatic N) is 3. The standard InChI is InChI=1S/C19H17FN4S/c20-16-4-2-1-3-15(16)18-6-5-13(9-21-18)11-24-8-7-17-14(12-24)10-22-19(25)23-17/h1-6,9-10H,7-8,11-12H2,(H,22,23,25). The van der Waals surface area contributed by atoms with Gasteiger partial charge in [0.05, 0.1) is 5.69 Å².